The first-order valence-corrected chi connectivity index (χ1v) is 8.19. The zero-order chi connectivity index (χ0) is 17.2. The van der Waals surface area contributed by atoms with E-state index in [0.29, 0.717) is 17.2 Å². The molecule has 0 amide bonds. The van der Waals surface area contributed by atoms with Crippen LogP contribution in [0.15, 0.2) is 47.9 Å². The van der Waals surface area contributed by atoms with Gasteiger partial charge in [-0.1, -0.05) is 30.4 Å². The van der Waals surface area contributed by atoms with E-state index in [4.69, 9.17) is 0 Å². The molecule has 1 heterocycles. The standard InChI is InChI=1S/C17H14F4N2S/c18-13-7-5-11(6-8-13)15-10-24-16(23-15)22-9-12-3-1-2-4-14(12)17(19,20)21/h1-7,10,13H,8-9H2,(H,22,23). The summed E-state index contributed by atoms with van der Waals surface area (Å²) >= 11 is 1.30. The van der Waals surface area contributed by atoms with Crippen molar-refractivity contribution in [2.24, 2.45) is 0 Å². The first kappa shape index (κ1) is 16.7. The summed E-state index contributed by atoms with van der Waals surface area (Å²) in [5, 5.41) is 5.25. The number of aromatic nitrogens is 1. The predicted octanol–water partition coefficient (Wildman–Crippen LogP) is 5.46. The molecule has 1 aliphatic rings. The molecular formula is C17H14F4N2S. The molecule has 1 aromatic carbocycles. The summed E-state index contributed by atoms with van der Waals surface area (Å²) in [5.74, 6) is 0. The molecule has 1 N–H and O–H groups in total. The number of benzene rings is 1. The lowest BCUT2D eigenvalue weighted by Crippen LogP contribution is -2.11. The van der Waals surface area contributed by atoms with Crippen LogP contribution >= 0.6 is 11.3 Å². The van der Waals surface area contributed by atoms with Gasteiger partial charge >= 0.3 is 6.18 Å². The van der Waals surface area contributed by atoms with E-state index in [0.717, 1.165) is 11.6 Å². The van der Waals surface area contributed by atoms with Gasteiger partial charge in [-0.2, -0.15) is 13.2 Å². The third kappa shape index (κ3) is 3.84. The Hall–Kier alpha value is -2.15. The van der Waals surface area contributed by atoms with Crippen LogP contribution in [0.4, 0.5) is 22.7 Å². The molecule has 3 rings (SSSR count). The zero-order valence-electron chi connectivity index (χ0n) is 12.5. The van der Waals surface area contributed by atoms with Gasteiger partial charge in [0.2, 0.25) is 0 Å². The van der Waals surface area contributed by atoms with Crippen molar-refractivity contribution in [3.8, 4) is 0 Å². The minimum Gasteiger partial charge on any atom is -0.357 e. The van der Waals surface area contributed by atoms with Gasteiger partial charge in [-0.15, -0.1) is 11.3 Å². The molecule has 0 saturated heterocycles. The molecule has 7 heteroatoms. The average Bonchev–Trinajstić information content (AvgIpc) is 3.02. The Balaban J connectivity index is 1.70. The topological polar surface area (TPSA) is 24.9 Å². The Morgan fingerprint density at radius 2 is 2.04 bits per heavy atom. The summed E-state index contributed by atoms with van der Waals surface area (Å²) < 4.78 is 52.0. The Bertz CT molecular complexity index is 777. The second kappa shape index (κ2) is 6.76. The van der Waals surface area contributed by atoms with Crippen molar-refractivity contribution in [2.75, 3.05) is 5.32 Å². The van der Waals surface area contributed by atoms with E-state index >= 15 is 0 Å². The number of rotatable bonds is 4. The summed E-state index contributed by atoms with van der Waals surface area (Å²) in [6.45, 7) is 0.0318. The van der Waals surface area contributed by atoms with E-state index in [1.54, 1.807) is 23.6 Å². The number of anilines is 1. The summed E-state index contributed by atoms with van der Waals surface area (Å²) in [6.07, 6.45) is -0.128. The van der Waals surface area contributed by atoms with Gasteiger partial charge in [-0.25, -0.2) is 9.37 Å². The third-order valence-corrected chi connectivity index (χ3v) is 4.40. The molecule has 1 aliphatic carbocycles. The summed E-state index contributed by atoms with van der Waals surface area (Å²) in [7, 11) is 0. The molecule has 0 saturated carbocycles. The fourth-order valence-corrected chi connectivity index (χ4v) is 3.11. The lowest BCUT2D eigenvalue weighted by atomic mass is 10.0. The first-order valence-electron chi connectivity index (χ1n) is 7.31. The monoisotopic (exact) mass is 354 g/mol. The second-order valence-electron chi connectivity index (χ2n) is 5.32. The van der Waals surface area contributed by atoms with Gasteiger partial charge in [0.15, 0.2) is 5.13 Å². The highest BCUT2D eigenvalue weighted by Crippen LogP contribution is 2.32. The molecule has 2 nitrogen and oxygen atoms in total. The van der Waals surface area contributed by atoms with Gasteiger partial charge in [0.25, 0.3) is 0 Å². The quantitative estimate of drug-likeness (QED) is 0.738. The highest BCUT2D eigenvalue weighted by Gasteiger charge is 2.32. The second-order valence-corrected chi connectivity index (χ2v) is 6.17. The minimum absolute atomic E-state index is 0.0318. The van der Waals surface area contributed by atoms with E-state index in [2.05, 4.69) is 10.3 Å². The molecule has 1 unspecified atom stereocenters. The van der Waals surface area contributed by atoms with E-state index in [1.165, 1.54) is 29.5 Å². The maximum absolute atomic E-state index is 13.1. The summed E-state index contributed by atoms with van der Waals surface area (Å²) in [5.41, 5.74) is 1.03. The largest absolute Gasteiger partial charge is 0.416 e. The van der Waals surface area contributed by atoms with Crippen LogP contribution in [0.3, 0.4) is 0 Å². The number of thiazole rings is 1. The van der Waals surface area contributed by atoms with Crippen LogP contribution in [0, 0.1) is 0 Å². The van der Waals surface area contributed by atoms with Gasteiger partial charge in [0.05, 0.1) is 11.3 Å². The molecular weight excluding hydrogens is 340 g/mol. The first-order chi connectivity index (χ1) is 11.4. The lowest BCUT2D eigenvalue weighted by Gasteiger charge is -2.12. The summed E-state index contributed by atoms with van der Waals surface area (Å²) in [4.78, 5) is 4.35. The van der Waals surface area contributed by atoms with Crippen LogP contribution < -0.4 is 5.32 Å². The third-order valence-electron chi connectivity index (χ3n) is 3.60. The van der Waals surface area contributed by atoms with Crippen LogP contribution in [-0.4, -0.2) is 11.2 Å². The molecule has 2 aromatic rings. The van der Waals surface area contributed by atoms with Crippen LogP contribution in [0.25, 0.3) is 5.57 Å². The van der Waals surface area contributed by atoms with Gasteiger partial charge < -0.3 is 5.32 Å². The molecule has 24 heavy (non-hydrogen) atoms. The molecule has 0 aliphatic heterocycles. The lowest BCUT2D eigenvalue weighted by molar-refractivity contribution is -0.138. The maximum Gasteiger partial charge on any atom is 0.416 e. The van der Waals surface area contributed by atoms with Crippen LogP contribution in [0.5, 0.6) is 0 Å². The van der Waals surface area contributed by atoms with E-state index in [1.807, 2.05) is 0 Å². The van der Waals surface area contributed by atoms with Crippen molar-refractivity contribution in [1.82, 2.24) is 4.98 Å². The Kier molecular flexibility index (Phi) is 4.71. The molecule has 1 aromatic heterocycles. The van der Waals surface area contributed by atoms with Crippen molar-refractivity contribution in [3.63, 3.8) is 0 Å². The van der Waals surface area contributed by atoms with Crippen molar-refractivity contribution in [3.05, 3.63) is 64.7 Å². The molecule has 1 atom stereocenters. The number of hydrogen-bond acceptors (Lipinski definition) is 3. The average molecular weight is 354 g/mol. The van der Waals surface area contributed by atoms with E-state index < -0.39 is 17.9 Å². The summed E-state index contributed by atoms with van der Waals surface area (Å²) in [6, 6.07) is 5.45. The molecule has 0 spiro atoms. The normalized spacial score (nSPS) is 17.7. The predicted molar refractivity (Wildman–Crippen MR) is 87.5 cm³/mol. The Morgan fingerprint density at radius 3 is 2.75 bits per heavy atom. The molecule has 0 bridgehead atoms. The van der Waals surface area contributed by atoms with E-state index in [-0.39, 0.29) is 12.1 Å². The van der Waals surface area contributed by atoms with Gasteiger partial charge in [0, 0.05) is 18.3 Å². The zero-order valence-corrected chi connectivity index (χ0v) is 13.3. The van der Waals surface area contributed by atoms with Gasteiger partial charge in [-0.3, -0.25) is 0 Å². The van der Waals surface area contributed by atoms with Crippen LogP contribution in [0.2, 0.25) is 0 Å². The highest BCUT2D eigenvalue weighted by molar-refractivity contribution is 7.13. The van der Waals surface area contributed by atoms with Gasteiger partial charge in [0.1, 0.15) is 6.17 Å². The number of allylic oxidation sites excluding steroid dienone is 4. The number of nitrogens with zero attached hydrogens (tertiary/aromatic N) is 1. The number of halogens is 4. The highest BCUT2D eigenvalue weighted by atomic mass is 32.1. The Labute approximate surface area is 140 Å². The maximum atomic E-state index is 13.1. The Morgan fingerprint density at radius 1 is 1.25 bits per heavy atom. The van der Waals surface area contributed by atoms with Crippen molar-refractivity contribution < 1.29 is 17.6 Å². The number of nitrogens with one attached hydrogen (secondary N) is 1. The fraction of sp³-hybridized carbons (Fsp3) is 0.235. The van der Waals surface area contributed by atoms with Crippen molar-refractivity contribution in [1.29, 1.82) is 0 Å². The van der Waals surface area contributed by atoms with E-state index in [9.17, 15) is 17.6 Å². The SMILES string of the molecule is FC1C=CC(c2csc(NCc3ccccc3C(F)(F)F)n2)=CC1. The molecule has 0 radical (unpaired) electrons. The number of hydrogen-bond donors (Lipinski definition) is 1. The fourth-order valence-electron chi connectivity index (χ4n) is 2.39. The van der Waals surface area contributed by atoms with Crippen molar-refractivity contribution >= 4 is 22.0 Å². The minimum atomic E-state index is -4.38. The molecule has 126 valence electrons. The molecule has 0 fully saturated rings. The number of alkyl halides is 4. The smallest absolute Gasteiger partial charge is 0.357 e. The van der Waals surface area contributed by atoms with Crippen LogP contribution in [0.1, 0.15) is 23.2 Å². The van der Waals surface area contributed by atoms with Crippen molar-refractivity contribution in [2.45, 2.75) is 25.3 Å². The van der Waals surface area contributed by atoms with Crippen LogP contribution in [-0.2, 0) is 12.7 Å². The van der Waals surface area contributed by atoms with Gasteiger partial charge in [-0.05, 0) is 23.3 Å².